The molecule has 0 unspecified atom stereocenters. The van der Waals surface area contributed by atoms with Gasteiger partial charge in [0.05, 0.1) is 0 Å². The second-order valence-corrected chi connectivity index (χ2v) is 6.49. The Morgan fingerprint density at radius 1 is 0.828 bits per heavy atom. The normalized spacial score (nSPS) is 10.9. The molecule has 0 aromatic heterocycles. The van der Waals surface area contributed by atoms with Gasteiger partial charge in [-0.15, -0.1) is 0 Å². The summed E-state index contributed by atoms with van der Waals surface area (Å²) in [5.74, 6) is 0.678. The summed E-state index contributed by atoms with van der Waals surface area (Å²) in [6.07, 6.45) is 1.67. The number of hydrogen-bond donors (Lipinski definition) is 2. The van der Waals surface area contributed by atoms with Crippen molar-refractivity contribution in [3.05, 3.63) is 95.7 Å². The summed E-state index contributed by atoms with van der Waals surface area (Å²) in [5.41, 5.74) is 2.64. The molecule has 0 heterocycles. The molecule has 3 aromatic carbocycles. The van der Waals surface area contributed by atoms with Gasteiger partial charge >= 0.3 is 0 Å². The van der Waals surface area contributed by atoms with Gasteiger partial charge in [-0.2, -0.15) is 0 Å². The number of para-hydroxylation sites is 1. The van der Waals surface area contributed by atoms with E-state index in [4.69, 9.17) is 4.74 Å². The van der Waals surface area contributed by atoms with E-state index in [-0.39, 0.29) is 11.6 Å². The Balaban J connectivity index is 1.74. The maximum Gasteiger partial charge on any atom is 0.272 e. The van der Waals surface area contributed by atoms with Gasteiger partial charge in [0.2, 0.25) is 5.91 Å². The zero-order valence-electron chi connectivity index (χ0n) is 16.3. The number of ether oxygens (including phenoxy) is 1. The molecule has 0 radical (unpaired) electrons. The first-order valence-electron chi connectivity index (χ1n) is 9.20. The summed E-state index contributed by atoms with van der Waals surface area (Å²) < 4.78 is 5.75. The molecule has 0 aliphatic carbocycles. The largest absolute Gasteiger partial charge is 0.457 e. The number of nitrogens with one attached hydrogen (secondary N) is 2. The molecule has 0 saturated carbocycles. The molecule has 29 heavy (non-hydrogen) atoms. The lowest BCUT2D eigenvalue weighted by Gasteiger charge is -2.11. The Bertz CT molecular complexity index is 1030. The van der Waals surface area contributed by atoms with Crippen LogP contribution in [0.25, 0.3) is 6.08 Å². The average Bonchev–Trinajstić information content (AvgIpc) is 2.71. The predicted molar refractivity (Wildman–Crippen MR) is 115 cm³/mol. The quantitative estimate of drug-likeness (QED) is 0.592. The molecule has 3 rings (SSSR count). The topological polar surface area (TPSA) is 67.4 Å². The summed E-state index contributed by atoms with van der Waals surface area (Å²) in [7, 11) is 0. The second-order valence-electron chi connectivity index (χ2n) is 6.49. The van der Waals surface area contributed by atoms with Crippen LogP contribution in [0.1, 0.15) is 18.1 Å². The molecule has 3 aromatic rings. The Morgan fingerprint density at radius 2 is 1.45 bits per heavy atom. The van der Waals surface area contributed by atoms with Crippen molar-refractivity contribution in [1.29, 1.82) is 0 Å². The number of hydrogen-bond acceptors (Lipinski definition) is 3. The van der Waals surface area contributed by atoms with Crippen molar-refractivity contribution in [3.63, 3.8) is 0 Å². The smallest absolute Gasteiger partial charge is 0.272 e. The molecule has 146 valence electrons. The van der Waals surface area contributed by atoms with Crippen molar-refractivity contribution < 1.29 is 14.3 Å². The molecule has 0 fully saturated rings. The van der Waals surface area contributed by atoms with E-state index in [1.165, 1.54) is 6.92 Å². The fourth-order valence-electron chi connectivity index (χ4n) is 2.68. The molecular formula is C24H22N2O3. The van der Waals surface area contributed by atoms with Gasteiger partial charge in [-0.25, -0.2) is 0 Å². The standard InChI is InChI=1S/C24H22N2O3/c1-17-8-6-7-9-19(17)16-23(25-18(2)27)24(28)26-20-12-14-22(15-13-20)29-21-10-4-3-5-11-21/h3-16H,1-2H3,(H,25,27)(H,26,28)/b23-16-. The van der Waals surface area contributed by atoms with Crippen LogP contribution in [0.15, 0.2) is 84.6 Å². The third kappa shape index (κ3) is 5.81. The van der Waals surface area contributed by atoms with Crippen molar-refractivity contribution in [2.45, 2.75) is 13.8 Å². The van der Waals surface area contributed by atoms with Crippen LogP contribution in [0.3, 0.4) is 0 Å². The summed E-state index contributed by atoms with van der Waals surface area (Å²) in [6, 6.07) is 24.1. The summed E-state index contributed by atoms with van der Waals surface area (Å²) in [4.78, 5) is 24.3. The highest BCUT2D eigenvalue weighted by atomic mass is 16.5. The number of benzene rings is 3. The van der Waals surface area contributed by atoms with Crippen LogP contribution in [-0.2, 0) is 9.59 Å². The second kappa shape index (κ2) is 9.37. The molecule has 0 spiro atoms. The number of rotatable bonds is 6. The predicted octanol–water partition coefficient (Wildman–Crippen LogP) is 4.90. The highest BCUT2D eigenvalue weighted by Crippen LogP contribution is 2.23. The van der Waals surface area contributed by atoms with Gasteiger partial charge in [0.1, 0.15) is 17.2 Å². The highest BCUT2D eigenvalue weighted by molar-refractivity contribution is 6.08. The average molecular weight is 386 g/mol. The van der Waals surface area contributed by atoms with Crippen LogP contribution >= 0.6 is 0 Å². The number of anilines is 1. The minimum absolute atomic E-state index is 0.177. The first-order chi connectivity index (χ1) is 14.0. The first kappa shape index (κ1) is 19.9. The van der Waals surface area contributed by atoms with E-state index in [1.807, 2.05) is 61.5 Å². The number of carbonyl (C=O) groups excluding carboxylic acids is 2. The SMILES string of the molecule is CC(=O)N/C(=C\c1ccccc1C)C(=O)Nc1ccc(Oc2ccccc2)cc1. The van der Waals surface area contributed by atoms with Gasteiger partial charge < -0.3 is 15.4 Å². The minimum atomic E-state index is -0.403. The molecular weight excluding hydrogens is 364 g/mol. The van der Waals surface area contributed by atoms with E-state index in [2.05, 4.69) is 10.6 Å². The van der Waals surface area contributed by atoms with Gasteiger partial charge in [0.25, 0.3) is 5.91 Å². The third-order valence-electron chi connectivity index (χ3n) is 4.13. The first-order valence-corrected chi connectivity index (χ1v) is 9.20. The van der Waals surface area contributed by atoms with Crippen molar-refractivity contribution in [2.75, 3.05) is 5.32 Å². The van der Waals surface area contributed by atoms with E-state index < -0.39 is 5.91 Å². The van der Waals surface area contributed by atoms with Crippen LogP contribution in [0.5, 0.6) is 11.5 Å². The number of carbonyl (C=O) groups is 2. The lowest BCUT2D eigenvalue weighted by Crippen LogP contribution is -2.29. The van der Waals surface area contributed by atoms with E-state index in [0.29, 0.717) is 11.4 Å². The van der Waals surface area contributed by atoms with Gasteiger partial charge in [-0.1, -0.05) is 42.5 Å². The molecule has 2 N–H and O–H groups in total. The Hall–Kier alpha value is -3.86. The molecule has 2 amide bonds. The van der Waals surface area contributed by atoms with Gasteiger partial charge in [-0.3, -0.25) is 9.59 Å². The molecule has 0 aliphatic heterocycles. The van der Waals surface area contributed by atoms with Crippen molar-refractivity contribution in [1.82, 2.24) is 5.32 Å². The number of aryl methyl sites for hydroxylation is 1. The molecule has 5 heteroatoms. The minimum Gasteiger partial charge on any atom is -0.457 e. The molecule has 0 saturated heterocycles. The molecule has 0 bridgehead atoms. The van der Waals surface area contributed by atoms with Crippen LogP contribution < -0.4 is 15.4 Å². The van der Waals surface area contributed by atoms with E-state index >= 15 is 0 Å². The molecule has 5 nitrogen and oxygen atoms in total. The van der Waals surface area contributed by atoms with Gasteiger partial charge in [-0.05, 0) is 60.5 Å². The van der Waals surface area contributed by atoms with E-state index in [1.54, 1.807) is 30.3 Å². The van der Waals surface area contributed by atoms with Crippen LogP contribution in [0.2, 0.25) is 0 Å². The summed E-state index contributed by atoms with van der Waals surface area (Å²) in [6.45, 7) is 3.31. The maximum absolute atomic E-state index is 12.7. The van der Waals surface area contributed by atoms with Crippen molar-refractivity contribution >= 4 is 23.6 Å². The van der Waals surface area contributed by atoms with Crippen molar-refractivity contribution in [2.24, 2.45) is 0 Å². The van der Waals surface area contributed by atoms with Crippen LogP contribution in [0, 0.1) is 6.92 Å². The molecule has 0 aliphatic rings. The van der Waals surface area contributed by atoms with Gasteiger partial charge in [0, 0.05) is 12.6 Å². The summed E-state index contributed by atoms with van der Waals surface area (Å²) >= 11 is 0. The Kier molecular flexibility index (Phi) is 6.43. The zero-order valence-corrected chi connectivity index (χ0v) is 16.3. The fourth-order valence-corrected chi connectivity index (χ4v) is 2.68. The fraction of sp³-hybridized carbons (Fsp3) is 0.0833. The van der Waals surface area contributed by atoms with E-state index in [9.17, 15) is 9.59 Å². The molecule has 0 atom stereocenters. The third-order valence-corrected chi connectivity index (χ3v) is 4.13. The Labute approximate surface area is 170 Å². The monoisotopic (exact) mass is 386 g/mol. The number of amides is 2. The zero-order chi connectivity index (χ0) is 20.6. The van der Waals surface area contributed by atoms with E-state index in [0.717, 1.165) is 16.9 Å². The maximum atomic E-state index is 12.7. The van der Waals surface area contributed by atoms with Crippen molar-refractivity contribution in [3.8, 4) is 11.5 Å². The van der Waals surface area contributed by atoms with Crippen LogP contribution in [0.4, 0.5) is 5.69 Å². The Morgan fingerprint density at radius 3 is 2.10 bits per heavy atom. The van der Waals surface area contributed by atoms with Gasteiger partial charge in [0.15, 0.2) is 0 Å². The lowest BCUT2D eigenvalue weighted by atomic mass is 10.1. The van der Waals surface area contributed by atoms with Crippen LogP contribution in [-0.4, -0.2) is 11.8 Å². The highest BCUT2D eigenvalue weighted by Gasteiger charge is 2.12. The lowest BCUT2D eigenvalue weighted by molar-refractivity contribution is -0.120. The summed E-state index contributed by atoms with van der Waals surface area (Å²) in [5, 5.41) is 5.41.